The Hall–Kier alpha value is -0.575. The lowest BCUT2D eigenvalue weighted by Crippen LogP contribution is -2.54. The van der Waals surface area contributed by atoms with Crippen molar-refractivity contribution in [3.63, 3.8) is 0 Å². The minimum atomic E-state index is -2.39. The average molecular weight is 163 g/mol. The van der Waals surface area contributed by atoms with Crippen LogP contribution < -0.4 is 0 Å². The van der Waals surface area contributed by atoms with Crippen molar-refractivity contribution >= 4 is 13.0 Å². The van der Waals surface area contributed by atoms with Crippen LogP contribution in [0.15, 0.2) is 0 Å². The molecule has 0 saturated heterocycles. The Bertz CT molecular complexity index is 152. The van der Waals surface area contributed by atoms with Gasteiger partial charge in [-0.25, -0.2) is 0 Å². The molecule has 3 nitrogen and oxygen atoms in total. The van der Waals surface area contributed by atoms with Gasteiger partial charge in [-0.2, -0.15) is 0 Å². The predicted molar refractivity (Wildman–Crippen MR) is 43.3 cm³/mol. The van der Waals surface area contributed by atoms with Crippen LogP contribution in [0, 0.1) is 0 Å². The van der Waals surface area contributed by atoms with Gasteiger partial charge in [0.25, 0.3) is 0 Å². The molecule has 0 rings (SSSR count). The Morgan fingerprint density at radius 3 is 2.36 bits per heavy atom. The average Bonchev–Trinajstić information content (AvgIpc) is 2.01. The maximum absolute atomic E-state index is 13.2. The fourth-order valence-corrected chi connectivity index (χ4v) is 0.665. The predicted octanol–water partition coefficient (Wildman–Crippen LogP) is 0.621. The fourth-order valence-electron chi connectivity index (χ4n) is 0.665. The van der Waals surface area contributed by atoms with Gasteiger partial charge in [0.2, 0.25) is 5.87 Å². The first-order chi connectivity index (χ1) is 4.95. The number of hydrogen-bond acceptors (Lipinski definition) is 2. The minimum absolute atomic E-state index is 0.0900. The molecule has 0 heterocycles. The van der Waals surface area contributed by atoms with Crippen LogP contribution >= 0.6 is 0 Å². The van der Waals surface area contributed by atoms with Gasteiger partial charge < -0.3 is 13.4 Å². The Kier molecular flexibility index (Phi) is 3.52. The van der Waals surface area contributed by atoms with Crippen molar-refractivity contribution in [1.82, 2.24) is 0 Å². The lowest BCUT2D eigenvalue weighted by atomic mass is 9.82. The van der Waals surface area contributed by atoms with Crippen LogP contribution in [0.4, 0.5) is 9.11 Å². The van der Waals surface area contributed by atoms with Gasteiger partial charge in [0, 0.05) is 20.6 Å². The topological polar surface area (TPSA) is 26.3 Å². The molecule has 1 unspecified atom stereocenters. The summed E-state index contributed by atoms with van der Waals surface area (Å²) in [4.78, 5) is 10.7. The molecule has 0 aliphatic heterocycles. The van der Waals surface area contributed by atoms with Crippen molar-refractivity contribution in [2.75, 3.05) is 27.7 Å². The molecule has 0 aromatic rings. The van der Waals surface area contributed by atoms with E-state index in [1.807, 2.05) is 6.92 Å². The summed E-state index contributed by atoms with van der Waals surface area (Å²) in [6, 6.07) is 0. The second-order valence-corrected chi connectivity index (χ2v) is 3.24. The van der Waals surface area contributed by atoms with Crippen LogP contribution in [0.2, 0.25) is 0 Å². The number of quaternary nitrogens is 1. The van der Waals surface area contributed by atoms with Crippen molar-refractivity contribution in [3.8, 4) is 0 Å². The zero-order chi connectivity index (χ0) is 9.07. The molecule has 0 aromatic heterocycles. The van der Waals surface area contributed by atoms with Crippen molar-refractivity contribution in [3.05, 3.63) is 0 Å². The van der Waals surface area contributed by atoms with Crippen LogP contribution in [0.1, 0.15) is 6.92 Å². The third-order valence-corrected chi connectivity index (χ3v) is 2.07. The molecular weight excluding hydrogens is 148 g/mol. The van der Waals surface area contributed by atoms with Crippen LogP contribution in [0.5, 0.6) is 0 Å². The zero-order valence-corrected chi connectivity index (χ0v) is 7.56. The van der Waals surface area contributed by atoms with Crippen molar-refractivity contribution in [1.29, 1.82) is 0 Å². The van der Waals surface area contributed by atoms with Crippen LogP contribution in [0.3, 0.4) is 0 Å². The molecular formula is C6H15BFNO2. The highest BCUT2D eigenvalue weighted by Gasteiger charge is 2.29. The third-order valence-electron chi connectivity index (χ3n) is 2.07. The number of rotatable bonds is 3. The van der Waals surface area contributed by atoms with E-state index in [-0.39, 0.29) is 4.39 Å². The van der Waals surface area contributed by atoms with E-state index in [4.69, 9.17) is 0 Å². The lowest BCUT2D eigenvalue weighted by molar-refractivity contribution is -0.785. The maximum atomic E-state index is 13.2. The summed E-state index contributed by atoms with van der Waals surface area (Å²) >= 11 is 0. The molecule has 0 aromatic carbocycles. The van der Waals surface area contributed by atoms with Gasteiger partial charge >= 0.3 is 7.12 Å². The van der Waals surface area contributed by atoms with E-state index in [9.17, 15) is 9.11 Å². The number of nitrogens with zero attached hydrogens (tertiary/aromatic N) is 1. The molecule has 1 atom stereocenters. The normalized spacial score (nSPS) is 14.3. The monoisotopic (exact) mass is 163 g/mol. The molecule has 5 heteroatoms. The van der Waals surface area contributed by atoms with E-state index in [2.05, 4.69) is 4.74 Å². The molecule has 0 saturated carbocycles. The van der Waals surface area contributed by atoms with E-state index >= 15 is 0 Å². The first-order valence-electron chi connectivity index (χ1n) is 3.67. The molecule has 11 heavy (non-hydrogen) atoms. The van der Waals surface area contributed by atoms with Gasteiger partial charge in [0.15, 0.2) is 0 Å². The highest BCUT2D eigenvalue weighted by molar-refractivity contribution is 6.77. The summed E-state index contributed by atoms with van der Waals surface area (Å²) in [6.07, 6.45) is 0. The van der Waals surface area contributed by atoms with E-state index in [0.717, 1.165) is 0 Å². The van der Waals surface area contributed by atoms with Crippen LogP contribution in [-0.2, 0) is 4.74 Å². The van der Waals surface area contributed by atoms with Crippen molar-refractivity contribution in [2.45, 2.75) is 6.92 Å². The number of hydrogen-bond donors (Lipinski definition) is 0. The summed E-state index contributed by atoms with van der Waals surface area (Å²) < 4.78 is 17.6. The summed E-state index contributed by atoms with van der Waals surface area (Å²) in [5.74, 6) is -0.725. The van der Waals surface area contributed by atoms with Crippen LogP contribution in [0.25, 0.3) is 0 Å². The molecule has 66 valence electrons. The largest absolute Gasteiger partial charge is 0.494 e. The van der Waals surface area contributed by atoms with Gasteiger partial charge in [-0.05, 0) is 6.92 Å². The maximum Gasteiger partial charge on any atom is 0.459 e. The minimum Gasteiger partial charge on any atom is -0.494 e. The van der Waals surface area contributed by atoms with Crippen molar-refractivity contribution in [2.24, 2.45) is 0 Å². The molecule has 0 amide bonds. The SMILES string of the molecule is CC[N+](C)(C)[BH-](F)C(=O)OC. The molecule has 0 spiro atoms. The quantitative estimate of drug-likeness (QED) is 0.570. The van der Waals surface area contributed by atoms with Gasteiger partial charge in [0.1, 0.15) is 0 Å². The molecule has 0 radical (unpaired) electrons. The smallest absolute Gasteiger partial charge is 0.459 e. The van der Waals surface area contributed by atoms with Crippen LogP contribution in [-0.4, -0.2) is 45.1 Å². The Morgan fingerprint density at radius 1 is 1.64 bits per heavy atom. The number of carbonyl (C=O) groups is 1. The first kappa shape index (κ1) is 10.4. The van der Waals surface area contributed by atoms with Gasteiger partial charge in [0.05, 0.1) is 7.11 Å². The number of carbonyl (C=O) groups excluding carboxylic acids is 1. The lowest BCUT2D eigenvalue weighted by Gasteiger charge is -2.39. The summed E-state index contributed by atoms with van der Waals surface area (Å²) in [5, 5.41) is 0. The van der Waals surface area contributed by atoms with Crippen molar-refractivity contribution < 1.29 is 18.2 Å². The molecule has 0 N–H and O–H groups in total. The number of halogens is 1. The first-order valence-corrected chi connectivity index (χ1v) is 3.67. The summed E-state index contributed by atoms with van der Waals surface area (Å²) in [7, 11) is 2.17. The van der Waals surface area contributed by atoms with E-state index < -0.39 is 13.0 Å². The van der Waals surface area contributed by atoms with Gasteiger partial charge in [-0.15, -0.1) is 0 Å². The fraction of sp³-hybridized carbons (Fsp3) is 0.833. The Morgan fingerprint density at radius 2 is 2.09 bits per heavy atom. The Labute approximate surface area is 66.9 Å². The summed E-state index contributed by atoms with van der Waals surface area (Å²) in [5.41, 5.74) is 0. The van der Waals surface area contributed by atoms with E-state index in [1.165, 1.54) is 7.11 Å². The zero-order valence-electron chi connectivity index (χ0n) is 7.56. The van der Waals surface area contributed by atoms with Gasteiger partial charge in [-0.1, -0.05) is 0 Å². The summed E-state index contributed by atoms with van der Waals surface area (Å²) in [6.45, 7) is 2.42. The second kappa shape index (κ2) is 3.71. The second-order valence-electron chi connectivity index (χ2n) is 3.24. The molecule has 0 aliphatic rings. The third kappa shape index (κ3) is 2.50. The standard InChI is InChI=1S/C6H15BFNO2/c1-5-9(2,3)7(8)6(10)11-4/h7H,5H2,1-4H3. The highest BCUT2D eigenvalue weighted by atomic mass is 19.1. The molecule has 0 bridgehead atoms. The number of ether oxygens (including phenoxy) is 1. The number of methoxy groups -OCH3 is 1. The van der Waals surface area contributed by atoms with E-state index in [1.54, 1.807) is 14.1 Å². The molecule has 0 aliphatic carbocycles. The van der Waals surface area contributed by atoms with Gasteiger partial charge in [-0.3, -0.25) is 4.79 Å². The molecule has 0 fully saturated rings. The highest BCUT2D eigenvalue weighted by Crippen LogP contribution is 2.05. The Balaban J connectivity index is 4.22. The van der Waals surface area contributed by atoms with E-state index in [0.29, 0.717) is 6.54 Å².